The van der Waals surface area contributed by atoms with Gasteiger partial charge in [-0.05, 0) is 83.8 Å². The monoisotopic (exact) mass is 698 g/mol. The smallest absolute Gasteiger partial charge is 0.335 e. The Balaban J connectivity index is 1.19. The number of pyridine rings is 1. The van der Waals surface area contributed by atoms with Gasteiger partial charge in [0.1, 0.15) is 16.5 Å². The van der Waals surface area contributed by atoms with Crippen LogP contribution in [0.4, 0.5) is 5.69 Å². The summed E-state index contributed by atoms with van der Waals surface area (Å²) in [5.41, 5.74) is 4.56. The van der Waals surface area contributed by atoms with Crippen molar-refractivity contribution in [3.8, 4) is 33.9 Å². The Morgan fingerprint density at radius 3 is 2.31 bits per heavy atom. The standard InChI is InChI=1S/C36H28Cl2N4O5S/c1-2-29(35-40-21-33(41-35)30-15-12-26(37)19-31(30)38)24-7-5-22(6-8-24)23-9-13-27(14-10-23)47-34-16-11-25(36(43)44)18-32(34)42-48(45,46)28-4-3-17-39-20-28/h3-21,29,42H,2H2,1H3,(H,40,41)(H,43,44). The van der Waals surface area contributed by atoms with Crippen LogP contribution in [-0.2, 0) is 10.0 Å². The lowest BCUT2D eigenvalue weighted by atomic mass is 9.93. The second-order valence-electron chi connectivity index (χ2n) is 10.8. The third-order valence-electron chi connectivity index (χ3n) is 7.70. The lowest BCUT2D eigenvalue weighted by Crippen LogP contribution is -2.14. The van der Waals surface area contributed by atoms with Gasteiger partial charge in [0.05, 0.1) is 28.2 Å². The van der Waals surface area contributed by atoms with E-state index >= 15 is 0 Å². The molecule has 9 nitrogen and oxygen atoms in total. The van der Waals surface area contributed by atoms with Crippen molar-refractivity contribution in [1.29, 1.82) is 0 Å². The Morgan fingerprint density at radius 1 is 0.938 bits per heavy atom. The molecule has 6 rings (SSSR count). The van der Waals surface area contributed by atoms with Crippen molar-refractivity contribution in [3.05, 3.63) is 143 Å². The van der Waals surface area contributed by atoms with Crippen LogP contribution in [0, 0.1) is 0 Å². The summed E-state index contributed by atoms with van der Waals surface area (Å²) < 4.78 is 34.4. The second-order valence-corrected chi connectivity index (χ2v) is 13.4. The van der Waals surface area contributed by atoms with Gasteiger partial charge in [0.25, 0.3) is 10.0 Å². The molecule has 0 aliphatic carbocycles. The van der Waals surface area contributed by atoms with Crippen LogP contribution in [0.3, 0.4) is 0 Å². The number of nitrogens with zero attached hydrogens (tertiary/aromatic N) is 2. The van der Waals surface area contributed by atoms with E-state index in [9.17, 15) is 18.3 Å². The van der Waals surface area contributed by atoms with Crippen molar-refractivity contribution in [2.45, 2.75) is 24.2 Å². The number of aromatic amines is 1. The van der Waals surface area contributed by atoms with E-state index in [0.717, 1.165) is 40.2 Å². The summed E-state index contributed by atoms with van der Waals surface area (Å²) in [5, 5.41) is 10.6. The van der Waals surface area contributed by atoms with Gasteiger partial charge in [0.15, 0.2) is 5.75 Å². The van der Waals surface area contributed by atoms with E-state index in [2.05, 4.69) is 38.7 Å². The van der Waals surface area contributed by atoms with E-state index < -0.39 is 16.0 Å². The number of nitrogens with one attached hydrogen (secondary N) is 2. The van der Waals surface area contributed by atoms with E-state index in [0.29, 0.717) is 15.8 Å². The van der Waals surface area contributed by atoms with Crippen LogP contribution in [0.15, 0.2) is 121 Å². The second kappa shape index (κ2) is 13.9. The van der Waals surface area contributed by atoms with Gasteiger partial charge in [0.2, 0.25) is 0 Å². The average Bonchev–Trinajstić information content (AvgIpc) is 3.56. The highest BCUT2D eigenvalue weighted by molar-refractivity contribution is 7.92. The number of halogens is 2. The SMILES string of the molecule is CCC(c1ccc(-c2ccc(Oc3ccc(C(=O)O)cc3NS(=O)(=O)c3cccnc3)cc2)cc1)c1ncc(-c2ccc(Cl)cc2Cl)[nH]1. The molecule has 0 fully saturated rings. The Kier molecular flexibility index (Phi) is 9.49. The lowest BCUT2D eigenvalue weighted by Gasteiger charge is -2.15. The molecule has 0 bridgehead atoms. The topological polar surface area (TPSA) is 134 Å². The maximum atomic E-state index is 13.0. The molecule has 1 atom stereocenters. The van der Waals surface area contributed by atoms with E-state index in [1.807, 2.05) is 30.3 Å². The molecule has 3 N–H and O–H groups in total. The van der Waals surface area contributed by atoms with E-state index in [4.69, 9.17) is 27.9 Å². The van der Waals surface area contributed by atoms with E-state index in [1.54, 1.807) is 30.5 Å². The molecule has 2 heterocycles. The summed E-state index contributed by atoms with van der Waals surface area (Å²) in [4.78, 5) is 23.5. The van der Waals surface area contributed by atoms with Gasteiger partial charge in [-0.15, -0.1) is 0 Å². The predicted molar refractivity (Wildman–Crippen MR) is 187 cm³/mol. The first-order valence-corrected chi connectivity index (χ1v) is 17.0. The number of H-pyrrole nitrogens is 1. The zero-order valence-electron chi connectivity index (χ0n) is 25.4. The van der Waals surface area contributed by atoms with Crippen molar-refractivity contribution in [2.24, 2.45) is 0 Å². The molecule has 4 aromatic carbocycles. The third kappa shape index (κ3) is 7.21. The van der Waals surface area contributed by atoms with Crippen LogP contribution in [0.5, 0.6) is 11.5 Å². The van der Waals surface area contributed by atoms with E-state index in [-0.39, 0.29) is 27.8 Å². The summed E-state index contributed by atoms with van der Waals surface area (Å²) in [6.45, 7) is 2.11. The maximum Gasteiger partial charge on any atom is 0.335 e. The molecule has 242 valence electrons. The number of hydrogen-bond acceptors (Lipinski definition) is 6. The fourth-order valence-electron chi connectivity index (χ4n) is 5.24. The highest BCUT2D eigenvalue weighted by atomic mass is 35.5. The number of hydrogen-bond donors (Lipinski definition) is 3. The van der Waals surface area contributed by atoms with Crippen LogP contribution >= 0.6 is 23.2 Å². The quantitative estimate of drug-likeness (QED) is 0.123. The molecule has 0 amide bonds. The van der Waals surface area contributed by atoms with Crippen LogP contribution in [-0.4, -0.2) is 34.4 Å². The summed E-state index contributed by atoms with van der Waals surface area (Å²) in [6.07, 6.45) is 5.27. The molecule has 0 radical (unpaired) electrons. The number of carbonyl (C=O) groups is 1. The minimum Gasteiger partial charge on any atom is -0.478 e. The van der Waals surface area contributed by atoms with Crippen molar-refractivity contribution in [1.82, 2.24) is 15.0 Å². The van der Waals surface area contributed by atoms with Crippen molar-refractivity contribution < 1.29 is 23.1 Å². The number of ether oxygens (including phenoxy) is 1. The number of aromatic carboxylic acids is 1. The molecule has 12 heteroatoms. The third-order valence-corrected chi connectivity index (χ3v) is 9.60. The van der Waals surface area contributed by atoms with Gasteiger partial charge in [-0.1, -0.05) is 66.5 Å². The van der Waals surface area contributed by atoms with Crippen molar-refractivity contribution in [2.75, 3.05) is 4.72 Å². The van der Waals surface area contributed by atoms with Gasteiger partial charge in [-0.25, -0.2) is 18.2 Å². The molecule has 0 saturated carbocycles. The Morgan fingerprint density at radius 2 is 1.67 bits per heavy atom. The normalized spacial score (nSPS) is 12.0. The van der Waals surface area contributed by atoms with Gasteiger partial charge >= 0.3 is 5.97 Å². The van der Waals surface area contributed by atoms with Crippen LogP contribution < -0.4 is 9.46 Å². The number of carboxylic acids is 1. The largest absolute Gasteiger partial charge is 0.478 e. The lowest BCUT2D eigenvalue weighted by molar-refractivity contribution is 0.0697. The molecular weight excluding hydrogens is 671 g/mol. The first-order valence-electron chi connectivity index (χ1n) is 14.8. The number of anilines is 1. The number of rotatable bonds is 11. The number of carboxylic acid groups (broad SMARTS) is 1. The van der Waals surface area contributed by atoms with Crippen molar-refractivity contribution >= 4 is 44.9 Å². The Labute approximate surface area is 287 Å². The number of benzene rings is 4. The maximum absolute atomic E-state index is 13.0. The molecule has 2 aromatic heterocycles. The molecule has 1 unspecified atom stereocenters. The van der Waals surface area contributed by atoms with Gasteiger partial charge in [0, 0.05) is 28.9 Å². The van der Waals surface area contributed by atoms with Gasteiger partial charge < -0.3 is 14.8 Å². The molecular formula is C36H28Cl2N4O5S. The molecule has 0 spiro atoms. The number of aromatic nitrogens is 3. The molecule has 6 aromatic rings. The number of sulfonamides is 1. The fourth-order valence-corrected chi connectivity index (χ4v) is 6.77. The van der Waals surface area contributed by atoms with E-state index in [1.165, 1.54) is 42.7 Å². The first kappa shape index (κ1) is 32.8. The molecule has 0 aliphatic rings. The van der Waals surface area contributed by atoms with Gasteiger partial charge in [-0.2, -0.15) is 0 Å². The fraction of sp³-hybridized carbons (Fsp3) is 0.0833. The summed E-state index contributed by atoms with van der Waals surface area (Å²) in [5.74, 6) is 0.245. The summed E-state index contributed by atoms with van der Waals surface area (Å²) in [6, 6.07) is 27.8. The minimum atomic E-state index is -4.06. The Bertz CT molecular complexity index is 2190. The zero-order chi connectivity index (χ0) is 33.8. The van der Waals surface area contributed by atoms with Crippen LogP contribution in [0.2, 0.25) is 10.0 Å². The van der Waals surface area contributed by atoms with Crippen molar-refractivity contribution in [3.63, 3.8) is 0 Å². The highest BCUT2D eigenvalue weighted by Gasteiger charge is 2.20. The molecule has 0 aliphatic heterocycles. The zero-order valence-corrected chi connectivity index (χ0v) is 27.7. The molecule has 0 saturated heterocycles. The first-order chi connectivity index (χ1) is 23.1. The summed E-state index contributed by atoms with van der Waals surface area (Å²) in [7, 11) is -4.06. The van der Waals surface area contributed by atoms with Gasteiger partial charge in [-0.3, -0.25) is 9.71 Å². The minimum absolute atomic E-state index is 0.0242. The number of imidazole rings is 1. The predicted octanol–water partition coefficient (Wildman–Crippen LogP) is 9.28. The summed E-state index contributed by atoms with van der Waals surface area (Å²) >= 11 is 12.5. The highest BCUT2D eigenvalue weighted by Crippen LogP contribution is 2.35. The molecule has 48 heavy (non-hydrogen) atoms. The van der Waals surface area contributed by atoms with Crippen LogP contribution in [0.25, 0.3) is 22.4 Å². The average molecular weight is 700 g/mol. The Hall–Kier alpha value is -5.16. The van der Waals surface area contributed by atoms with Crippen LogP contribution in [0.1, 0.15) is 41.0 Å².